The molecule has 0 saturated heterocycles. The number of phenolic OH excluding ortho intramolecular Hbond substituents is 1. The molecule has 1 unspecified atom stereocenters. The Kier molecular flexibility index (Phi) is 5.97. The largest absolute Gasteiger partial charge is 0.573 e. The van der Waals surface area contributed by atoms with Crippen LogP contribution in [0.4, 0.5) is 18.9 Å². The van der Waals surface area contributed by atoms with E-state index in [2.05, 4.69) is 4.74 Å². The first kappa shape index (κ1) is 22.2. The van der Waals surface area contributed by atoms with Gasteiger partial charge in [-0.15, -0.1) is 13.2 Å². The SMILES string of the molecule is CC(C)CC(=O)C1=C(O)C(=O)N(c2cccc(OC(F)(F)F)c2)C1c1ccc(O)cc1. The van der Waals surface area contributed by atoms with Crippen molar-refractivity contribution >= 4 is 17.4 Å². The van der Waals surface area contributed by atoms with E-state index in [1.54, 1.807) is 13.8 Å². The molecule has 0 saturated carbocycles. The van der Waals surface area contributed by atoms with Gasteiger partial charge in [-0.25, -0.2) is 0 Å². The van der Waals surface area contributed by atoms with Crippen LogP contribution in [0.15, 0.2) is 59.9 Å². The van der Waals surface area contributed by atoms with Gasteiger partial charge in [-0.3, -0.25) is 14.5 Å². The van der Waals surface area contributed by atoms with Crippen LogP contribution in [0.3, 0.4) is 0 Å². The Labute approximate surface area is 176 Å². The fraction of sp³-hybridized carbons (Fsp3) is 0.273. The van der Waals surface area contributed by atoms with E-state index >= 15 is 0 Å². The standard InChI is InChI=1S/C22H20F3NO5/c1-12(2)10-17(28)18-19(13-6-8-15(27)9-7-13)26(21(30)20(18)29)14-4-3-5-16(11-14)31-22(23,24)25/h3-9,11-12,19,27,29H,10H2,1-2H3. The van der Waals surface area contributed by atoms with Crippen LogP contribution in [0.25, 0.3) is 0 Å². The summed E-state index contributed by atoms with van der Waals surface area (Å²) in [7, 11) is 0. The van der Waals surface area contributed by atoms with Gasteiger partial charge in [0.1, 0.15) is 11.5 Å². The van der Waals surface area contributed by atoms with Crippen LogP contribution < -0.4 is 9.64 Å². The number of aromatic hydroxyl groups is 1. The van der Waals surface area contributed by atoms with Crippen LogP contribution in [0, 0.1) is 5.92 Å². The van der Waals surface area contributed by atoms with Crippen molar-refractivity contribution in [3.8, 4) is 11.5 Å². The number of ether oxygens (including phenoxy) is 1. The summed E-state index contributed by atoms with van der Waals surface area (Å²) in [6.07, 6.45) is -4.87. The second kappa shape index (κ2) is 8.33. The lowest BCUT2D eigenvalue weighted by molar-refractivity contribution is -0.274. The Balaban J connectivity index is 2.11. The van der Waals surface area contributed by atoms with Gasteiger partial charge in [-0.05, 0) is 35.7 Å². The van der Waals surface area contributed by atoms with Crippen molar-refractivity contribution in [3.05, 3.63) is 65.4 Å². The molecule has 31 heavy (non-hydrogen) atoms. The number of phenols is 1. The molecule has 0 aromatic heterocycles. The van der Waals surface area contributed by atoms with Crippen molar-refractivity contribution in [2.45, 2.75) is 32.7 Å². The number of anilines is 1. The molecule has 1 heterocycles. The Hall–Kier alpha value is -3.49. The number of halogens is 3. The summed E-state index contributed by atoms with van der Waals surface area (Å²) >= 11 is 0. The van der Waals surface area contributed by atoms with Crippen LogP contribution in [-0.2, 0) is 9.59 Å². The van der Waals surface area contributed by atoms with E-state index in [1.807, 2.05) is 0 Å². The first-order chi connectivity index (χ1) is 14.5. The first-order valence-electron chi connectivity index (χ1n) is 9.42. The zero-order valence-corrected chi connectivity index (χ0v) is 16.7. The average Bonchev–Trinajstić information content (AvgIpc) is 2.92. The highest BCUT2D eigenvalue weighted by Gasteiger charge is 2.44. The third-order valence-electron chi connectivity index (χ3n) is 4.64. The number of carbonyl (C=O) groups excluding carboxylic acids is 2. The minimum absolute atomic E-state index is 0.00345. The van der Waals surface area contributed by atoms with E-state index < -0.39 is 35.6 Å². The number of alkyl halides is 3. The molecular formula is C22H20F3NO5. The maximum Gasteiger partial charge on any atom is 0.573 e. The van der Waals surface area contributed by atoms with Crippen molar-refractivity contribution in [2.75, 3.05) is 4.90 Å². The lowest BCUT2D eigenvalue weighted by Crippen LogP contribution is -2.31. The molecule has 164 valence electrons. The second-order valence-corrected chi connectivity index (χ2v) is 7.50. The third-order valence-corrected chi connectivity index (χ3v) is 4.64. The molecule has 0 bridgehead atoms. The predicted octanol–water partition coefficient (Wildman–Crippen LogP) is 4.81. The zero-order chi connectivity index (χ0) is 22.9. The number of nitrogens with zero attached hydrogens (tertiary/aromatic N) is 1. The van der Waals surface area contributed by atoms with Crippen molar-refractivity contribution in [1.29, 1.82) is 0 Å². The van der Waals surface area contributed by atoms with E-state index in [0.29, 0.717) is 5.56 Å². The normalized spacial score (nSPS) is 16.9. The average molecular weight is 435 g/mol. The second-order valence-electron chi connectivity index (χ2n) is 7.50. The molecule has 9 heteroatoms. The first-order valence-corrected chi connectivity index (χ1v) is 9.42. The number of hydrogen-bond acceptors (Lipinski definition) is 5. The number of amides is 1. The van der Waals surface area contributed by atoms with Crippen molar-refractivity contribution in [1.82, 2.24) is 0 Å². The van der Waals surface area contributed by atoms with E-state index in [9.17, 15) is 33.0 Å². The summed E-state index contributed by atoms with van der Waals surface area (Å²) in [5, 5.41) is 20.1. The number of benzene rings is 2. The summed E-state index contributed by atoms with van der Waals surface area (Å²) in [5.41, 5.74) is 0.250. The molecule has 0 spiro atoms. The van der Waals surface area contributed by atoms with Crippen molar-refractivity contribution in [3.63, 3.8) is 0 Å². The maximum atomic E-state index is 12.9. The minimum atomic E-state index is -4.93. The van der Waals surface area contributed by atoms with Crippen molar-refractivity contribution < 1.29 is 37.7 Å². The van der Waals surface area contributed by atoms with Gasteiger partial charge in [0.25, 0.3) is 5.91 Å². The van der Waals surface area contributed by atoms with E-state index in [0.717, 1.165) is 17.0 Å². The molecule has 0 aliphatic carbocycles. The lowest BCUT2D eigenvalue weighted by Gasteiger charge is -2.27. The highest BCUT2D eigenvalue weighted by atomic mass is 19.4. The molecule has 1 amide bonds. The molecule has 2 aromatic rings. The fourth-order valence-corrected chi connectivity index (χ4v) is 3.44. The quantitative estimate of drug-likeness (QED) is 0.680. The van der Waals surface area contributed by atoms with Crippen molar-refractivity contribution in [2.24, 2.45) is 5.92 Å². The van der Waals surface area contributed by atoms with Gasteiger partial charge in [-0.2, -0.15) is 0 Å². The number of rotatable bonds is 6. The van der Waals surface area contributed by atoms with Gasteiger partial charge in [0.05, 0.1) is 11.6 Å². The molecule has 3 rings (SSSR count). The smallest absolute Gasteiger partial charge is 0.508 e. The van der Waals surface area contributed by atoms with Crippen LogP contribution >= 0.6 is 0 Å². The molecule has 0 fully saturated rings. The molecule has 0 radical (unpaired) electrons. The Morgan fingerprint density at radius 3 is 2.35 bits per heavy atom. The molecular weight excluding hydrogens is 415 g/mol. The van der Waals surface area contributed by atoms with E-state index in [-0.39, 0.29) is 29.3 Å². The van der Waals surface area contributed by atoms with Gasteiger partial charge in [-0.1, -0.05) is 32.0 Å². The number of aliphatic hydroxyl groups excluding tert-OH is 1. The number of ketones is 1. The van der Waals surface area contributed by atoms with E-state index in [1.165, 1.54) is 36.4 Å². The highest BCUT2D eigenvalue weighted by Crippen LogP contribution is 2.43. The Morgan fingerprint density at radius 1 is 1.13 bits per heavy atom. The molecule has 6 nitrogen and oxygen atoms in total. The number of Topliss-reactive ketones (excluding diaryl/α,β-unsaturated/α-hetero) is 1. The molecule has 1 aliphatic rings. The highest BCUT2D eigenvalue weighted by molar-refractivity contribution is 6.16. The summed E-state index contributed by atoms with van der Waals surface area (Å²) in [4.78, 5) is 26.8. The predicted molar refractivity (Wildman–Crippen MR) is 106 cm³/mol. The van der Waals surface area contributed by atoms with Gasteiger partial charge < -0.3 is 14.9 Å². The topological polar surface area (TPSA) is 87.1 Å². The van der Waals surface area contributed by atoms with Gasteiger partial charge in [0.2, 0.25) is 0 Å². The Morgan fingerprint density at radius 2 is 1.77 bits per heavy atom. The fourth-order valence-electron chi connectivity index (χ4n) is 3.44. The monoisotopic (exact) mass is 435 g/mol. The summed E-state index contributed by atoms with van der Waals surface area (Å²) < 4.78 is 41.8. The summed E-state index contributed by atoms with van der Waals surface area (Å²) in [6.45, 7) is 3.61. The minimum Gasteiger partial charge on any atom is -0.508 e. The maximum absolute atomic E-state index is 12.9. The zero-order valence-electron chi connectivity index (χ0n) is 16.7. The third kappa shape index (κ3) is 4.82. The van der Waals surface area contributed by atoms with Gasteiger partial charge in [0, 0.05) is 18.2 Å². The van der Waals surface area contributed by atoms with Crippen LogP contribution in [-0.4, -0.2) is 28.3 Å². The number of aliphatic hydroxyl groups is 1. The molecule has 2 N–H and O–H groups in total. The van der Waals surface area contributed by atoms with Crippen LogP contribution in [0.1, 0.15) is 31.9 Å². The molecule has 2 aromatic carbocycles. The van der Waals surface area contributed by atoms with E-state index in [4.69, 9.17) is 0 Å². The van der Waals surface area contributed by atoms with Crippen LogP contribution in [0.2, 0.25) is 0 Å². The van der Waals surface area contributed by atoms with Gasteiger partial charge >= 0.3 is 6.36 Å². The van der Waals surface area contributed by atoms with Crippen LogP contribution in [0.5, 0.6) is 11.5 Å². The van der Waals surface area contributed by atoms with Gasteiger partial charge in [0.15, 0.2) is 11.5 Å². The lowest BCUT2D eigenvalue weighted by atomic mass is 9.92. The number of hydrogen-bond donors (Lipinski definition) is 2. The summed E-state index contributed by atoms with van der Waals surface area (Å²) in [6, 6.07) is 9.27. The number of carbonyl (C=O) groups is 2. The summed E-state index contributed by atoms with van der Waals surface area (Å²) in [5.74, 6) is -2.79. The molecule has 1 atom stereocenters. The Bertz CT molecular complexity index is 1030. The molecule has 1 aliphatic heterocycles.